The minimum atomic E-state index is -0.266. The van der Waals surface area contributed by atoms with E-state index < -0.39 is 0 Å². The minimum Gasteiger partial charge on any atom is -0.303 e. The van der Waals surface area contributed by atoms with E-state index in [9.17, 15) is 5.26 Å². The smallest absolute Gasteiger partial charge is 0.0846 e. The lowest BCUT2D eigenvalue weighted by Gasteiger charge is -2.38. The summed E-state index contributed by atoms with van der Waals surface area (Å²) in [6.07, 6.45) is 3.26. The SMILES string of the molecule is CC(C)N1CC[C@@H](CN2CCC(C#N)(c3ccccc3)CC2)C1. The van der Waals surface area contributed by atoms with Gasteiger partial charge in [-0.15, -0.1) is 0 Å². The molecule has 3 nitrogen and oxygen atoms in total. The first-order valence-electron chi connectivity index (χ1n) is 9.06. The number of nitrogens with zero attached hydrogens (tertiary/aromatic N) is 3. The average Bonchev–Trinajstić information content (AvgIpc) is 3.05. The molecular formula is C20H29N3. The van der Waals surface area contributed by atoms with Crippen molar-refractivity contribution in [1.82, 2.24) is 9.80 Å². The van der Waals surface area contributed by atoms with Crippen LogP contribution in [-0.2, 0) is 5.41 Å². The summed E-state index contributed by atoms with van der Waals surface area (Å²) in [7, 11) is 0. The van der Waals surface area contributed by atoms with Crippen LogP contribution in [0, 0.1) is 17.2 Å². The van der Waals surface area contributed by atoms with Gasteiger partial charge >= 0.3 is 0 Å². The number of hydrogen-bond acceptors (Lipinski definition) is 3. The van der Waals surface area contributed by atoms with Gasteiger partial charge in [0.15, 0.2) is 0 Å². The molecule has 2 aliphatic heterocycles. The summed E-state index contributed by atoms with van der Waals surface area (Å²) in [5.74, 6) is 0.809. The van der Waals surface area contributed by atoms with Gasteiger partial charge in [0.25, 0.3) is 0 Å². The van der Waals surface area contributed by atoms with Crippen molar-refractivity contribution >= 4 is 0 Å². The van der Waals surface area contributed by atoms with Crippen LogP contribution in [-0.4, -0.2) is 48.6 Å². The second-order valence-electron chi connectivity index (χ2n) is 7.60. The third kappa shape index (κ3) is 3.59. The first kappa shape index (κ1) is 16.5. The van der Waals surface area contributed by atoms with Crippen LogP contribution >= 0.6 is 0 Å². The quantitative estimate of drug-likeness (QED) is 0.855. The Morgan fingerprint density at radius 3 is 2.43 bits per heavy atom. The van der Waals surface area contributed by atoms with Crippen molar-refractivity contribution in [2.75, 3.05) is 32.7 Å². The molecule has 3 rings (SSSR count). The fraction of sp³-hybridized carbons (Fsp3) is 0.650. The van der Waals surface area contributed by atoms with Gasteiger partial charge in [0, 0.05) is 19.1 Å². The summed E-state index contributed by atoms with van der Waals surface area (Å²) >= 11 is 0. The summed E-state index contributed by atoms with van der Waals surface area (Å²) in [4.78, 5) is 5.19. The van der Waals surface area contributed by atoms with Crippen molar-refractivity contribution in [1.29, 1.82) is 5.26 Å². The Labute approximate surface area is 140 Å². The fourth-order valence-electron chi connectivity index (χ4n) is 4.19. The lowest BCUT2D eigenvalue weighted by atomic mass is 9.74. The van der Waals surface area contributed by atoms with Gasteiger partial charge in [0.05, 0.1) is 11.5 Å². The van der Waals surface area contributed by atoms with Gasteiger partial charge in [0.1, 0.15) is 0 Å². The molecule has 0 spiro atoms. The van der Waals surface area contributed by atoms with E-state index in [1.165, 1.54) is 31.6 Å². The predicted molar refractivity (Wildman–Crippen MR) is 94.2 cm³/mol. The summed E-state index contributed by atoms with van der Waals surface area (Å²) in [5.41, 5.74) is 0.936. The van der Waals surface area contributed by atoms with Gasteiger partial charge in [-0.2, -0.15) is 5.26 Å². The molecule has 0 unspecified atom stereocenters. The van der Waals surface area contributed by atoms with Crippen LogP contribution in [0.5, 0.6) is 0 Å². The van der Waals surface area contributed by atoms with E-state index in [0.717, 1.165) is 31.8 Å². The molecule has 0 radical (unpaired) electrons. The van der Waals surface area contributed by atoms with E-state index in [1.807, 2.05) is 6.07 Å². The lowest BCUT2D eigenvalue weighted by molar-refractivity contribution is 0.159. The van der Waals surface area contributed by atoms with Crippen molar-refractivity contribution in [2.24, 2.45) is 5.92 Å². The number of benzene rings is 1. The van der Waals surface area contributed by atoms with Crippen molar-refractivity contribution < 1.29 is 0 Å². The Balaban J connectivity index is 1.55. The molecule has 23 heavy (non-hydrogen) atoms. The molecule has 0 aliphatic carbocycles. The number of rotatable bonds is 4. The van der Waals surface area contributed by atoms with E-state index in [0.29, 0.717) is 6.04 Å². The zero-order valence-corrected chi connectivity index (χ0v) is 14.5. The zero-order valence-electron chi connectivity index (χ0n) is 14.5. The average molecular weight is 311 g/mol. The zero-order chi connectivity index (χ0) is 16.3. The van der Waals surface area contributed by atoms with E-state index in [2.05, 4.69) is 54.0 Å². The van der Waals surface area contributed by atoms with Gasteiger partial charge in [-0.25, -0.2) is 0 Å². The first-order valence-corrected chi connectivity index (χ1v) is 9.06. The maximum Gasteiger partial charge on any atom is 0.0846 e. The molecule has 0 amide bonds. The molecule has 0 bridgehead atoms. The highest BCUT2D eigenvalue weighted by Crippen LogP contribution is 2.35. The molecule has 1 aromatic rings. The Hall–Kier alpha value is -1.37. The van der Waals surface area contributed by atoms with Gasteiger partial charge in [-0.05, 0) is 64.2 Å². The highest BCUT2D eigenvalue weighted by atomic mass is 15.2. The number of nitriles is 1. The number of piperidine rings is 1. The molecule has 124 valence electrons. The molecule has 1 atom stereocenters. The predicted octanol–water partition coefficient (Wildman–Crippen LogP) is 3.27. The highest BCUT2D eigenvalue weighted by molar-refractivity contribution is 5.33. The van der Waals surface area contributed by atoms with Crippen LogP contribution in [0.15, 0.2) is 30.3 Å². The molecule has 1 aromatic carbocycles. The largest absolute Gasteiger partial charge is 0.303 e. The normalized spacial score (nSPS) is 25.6. The maximum absolute atomic E-state index is 9.79. The molecule has 2 aliphatic rings. The topological polar surface area (TPSA) is 30.3 Å². The van der Waals surface area contributed by atoms with Gasteiger partial charge in [0.2, 0.25) is 0 Å². The molecule has 2 fully saturated rings. The molecule has 0 aromatic heterocycles. The highest BCUT2D eigenvalue weighted by Gasteiger charge is 2.37. The Morgan fingerprint density at radius 1 is 1.17 bits per heavy atom. The Bertz CT molecular complexity index is 538. The molecule has 2 saturated heterocycles. The van der Waals surface area contributed by atoms with E-state index >= 15 is 0 Å². The van der Waals surface area contributed by atoms with Crippen LogP contribution in [0.2, 0.25) is 0 Å². The third-order valence-corrected chi connectivity index (χ3v) is 5.81. The summed E-state index contributed by atoms with van der Waals surface area (Å²) < 4.78 is 0. The second kappa shape index (κ2) is 7.03. The van der Waals surface area contributed by atoms with Crippen LogP contribution in [0.1, 0.15) is 38.7 Å². The Morgan fingerprint density at radius 2 is 1.87 bits per heavy atom. The van der Waals surface area contributed by atoms with Crippen LogP contribution in [0.3, 0.4) is 0 Å². The molecular weight excluding hydrogens is 282 g/mol. The van der Waals surface area contributed by atoms with Gasteiger partial charge < -0.3 is 9.80 Å². The van der Waals surface area contributed by atoms with Gasteiger partial charge in [-0.1, -0.05) is 30.3 Å². The lowest BCUT2D eigenvalue weighted by Crippen LogP contribution is -2.44. The standard InChI is InChI=1S/C20H29N3/c1-17(2)23-11-8-18(15-23)14-22-12-9-20(16-21,10-13-22)19-6-4-3-5-7-19/h3-7,17-18H,8-15H2,1-2H3/t18-/m0/s1. The van der Waals surface area contributed by atoms with Crippen LogP contribution in [0.4, 0.5) is 0 Å². The monoisotopic (exact) mass is 311 g/mol. The van der Waals surface area contributed by atoms with Crippen LogP contribution in [0.25, 0.3) is 0 Å². The first-order chi connectivity index (χ1) is 11.1. The number of likely N-dealkylation sites (tertiary alicyclic amines) is 2. The summed E-state index contributed by atoms with van der Waals surface area (Å²) in [5, 5.41) is 9.79. The van der Waals surface area contributed by atoms with Crippen molar-refractivity contribution in [3.63, 3.8) is 0 Å². The summed E-state index contributed by atoms with van der Waals surface area (Å²) in [6.45, 7) is 10.4. The van der Waals surface area contributed by atoms with Gasteiger partial charge in [-0.3, -0.25) is 0 Å². The minimum absolute atomic E-state index is 0.266. The fourth-order valence-corrected chi connectivity index (χ4v) is 4.19. The molecule has 0 N–H and O–H groups in total. The molecule has 3 heteroatoms. The number of hydrogen-bond donors (Lipinski definition) is 0. The van der Waals surface area contributed by atoms with Crippen LogP contribution < -0.4 is 0 Å². The van der Waals surface area contributed by atoms with E-state index in [1.54, 1.807) is 0 Å². The second-order valence-corrected chi connectivity index (χ2v) is 7.60. The van der Waals surface area contributed by atoms with E-state index in [4.69, 9.17) is 0 Å². The van der Waals surface area contributed by atoms with Crippen molar-refractivity contribution in [2.45, 2.75) is 44.6 Å². The molecule has 2 heterocycles. The van der Waals surface area contributed by atoms with Crippen molar-refractivity contribution in [3.8, 4) is 6.07 Å². The van der Waals surface area contributed by atoms with Crippen molar-refractivity contribution in [3.05, 3.63) is 35.9 Å². The maximum atomic E-state index is 9.79. The molecule has 0 saturated carbocycles. The summed E-state index contributed by atoms with van der Waals surface area (Å²) in [6, 6.07) is 13.7. The Kier molecular flexibility index (Phi) is 5.04. The van der Waals surface area contributed by atoms with E-state index in [-0.39, 0.29) is 5.41 Å². The third-order valence-electron chi connectivity index (χ3n) is 5.81.